The van der Waals surface area contributed by atoms with E-state index in [0.29, 0.717) is 13.2 Å². The minimum absolute atomic E-state index is 0.00219. The molecule has 0 spiro atoms. The number of hydrogen-bond donors (Lipinski definition) is 1. The summed E-state index contributed by atoms with van der Waals surface area (Å²) in [5.41, 5.74) is 2.27. The van der Waals surface area contributed by atoms with E-state index in [2.05, 4.69) is 0 Å². The molecule has 0 aromatic heterocycles. The molecule has 104 valence electrons. The number of benzene rings is 1. The van der Waals surface area contributed by atoms with Crippen molar-refractivity contribution in [3.05, 3.63) is 35.4 Å². The van der Waals surface area contributed by atoms with Crippen LogP contribution < -0.4 is 0 Å². The van der Waals surface area contributed by atoms with E-state index in [0.717, 1.165) is 11.1 Å². The first kappa shape index (κ1) is 14.0. The van der Waals surface area contributed by atoms with Crippen LogP contribution in [0.4, 0.5) is 0 Å². The number of nitrogens with zero attached hydrogens (tertiary/aromatic N) is 1. The molecule has 0 bridgehead atoms. The van der Waals surface area contributed by atoms with Crippen LogP contribution in [0, 0.1) is 6.92 Å². The second-order valence-electron chi connectivity index (χ2n) is 5.19. The van der Waals surface area contributed by atoms with E-state index < -0.39 is 6.10 Å². The predicted octanol–water partition coefficient (Wildman–Crippen LogP) is 1.66. The molecule has 1 aliphatic heterocycles. The molecular formula is C15H21NO3. The number of rotatable bonds is 2. The van der Waals surface area contributed by atoms with Crippen molar-refractivity contribution in [2.24, 2.45) is 0 Å². The molecule has 1 fully saturated rings. The molecule has 1 N–H and O–H groups in total. The Bertz CT molecular complexity index is 458. The average molecular weight is 263 g/mol. The number of hydrogen-bond acceptors (Lipinski definition) is 3. The van der Waals surface area contributed by atoms with Crippen molar-refractivity contribution in [2.75, 3.05) is 13.2 Å². The van der Waals surface area contributed by atoms with Crippen molar-refractivity contribution in [3.63, 3.8) is 0 Å². The Morgan fingerprint density at radius 2 is 2.16 bits per heavy atom. The number of morpholine rings is 1. The molecule has 1 saturated heterocycles. The highest BCUT2D eigenvalue weighted by Crippen LogP contribution is 2.27. The Balaban J connectivity index is 2.18. The van der Waals surface area contributed by atoms with Gasteiger partial charge in [0.05, 0.1) is 19.2 Å². The lowest BCUT2D eigenvalue weighted by Gasteiger charge is -2.39. The number of carbonyl (C=O) groups excluding carboxylic acids is 1. The molecule has 1 amide bonds. The molecular weight excluding hydrogens is 242 g/mol. The minimum Gasteiger partial charge on any atom is -0.384 e. The second-order valence-corrected chi connectivity index (χ2v) is 5.19. The van der Waals surface area contributed by atoms with E-state index >= 15 is 0 Å². The summed E-state index contributed by atoms with van der Waals surface area (Å²) < 4.78 is 5.84. The van der Waals surface area contributed by atoms with Crippen LogP contribution in [0.15, 0.2) is 24.3 Å². The fraction of sp³-hybridized carbons (Fsp3) is 0.533. The Hall–Kier alpha value is -1.39. The third-order valence-electron chi connectivity index (χ3n) is 3.61. The van der Waals surface area contributed by atoms with E-state index in [-0.39, 0.29) is 18.1 Å². The van der Waals surface area contributed by atoms with Crippen LogP contribution in [0.2, 0.25) is 0 Å². The quantitative estimate of drug-likeness (QED) is 0.883. The van der Waals surface area contributed by atoms with Gasteiger partial charge in [-0.05, 0) is 31.9 Å². The second kappa shape index (κ2) is 5.72. The fourth-order valence-corrected chi connectivity index (χ4v) is 2.44. The zero-order valence-corrected chi connectivity index (χ0v) is 11.7. The minimum atomic E-state index is -0.960. The zero-order chi connectivity index (χ0) is 14.0. The van der Waals surface area contributed by atoms with Crippen LogP contribution in [0.1, 0.15) is 31.1 Å². The van der Waals surface area contributed by atoms with Gasteiger partial charge in [0.15, 0.2) is 0 Å². The zero-order valence-electron chi connectivity index (χ0n) is 11.7. The van der Waals surface area contributed by atoms with Gasteiger partial charge in [-0.2, -0.15) is 0 Å². The van der Waals surface area contributed by atoms with Gasteiger partial charge >= 0.3 is 0 Å². The highest BCUT2D eigenvalue weighted by molar-refractivity contribution is 5.80. The molecule has 19 heavy (non-hydrogen) atoms. The third kappa shape index (κ3) is 2.96. The molecule has 1 heterocycles. The first-order valence-corrected chi connectivity index (χ1v) is 6.66. The maximum atomic E-state index is 12.0. The molecule has 0 radical (unpaired) electrons. The molecule has 2 rings (SSSR count). The highest BCUT2D eigenvalue weighted by atomic mass is 16.5. The maximum Gasteiger partial charge on any atom is 0.251 e. The normalized spacial score (nSPS) is 25.2. The van der Waals surface area contributed by atoms with E-state index in [4.69, 9.17) is 4.74 Å². The number of aliphatic hydroxyl groups excluding tert-OH is 1. The maximum absolute atomic E-state index is 12.0. The summed E-state index contributed by atoms with van der Waals surface area (Å²) in [4.78, 5) is 13.7. The molecule has 4 nitrogen and oxygen atoms in total. The van der Waals surface area contributed by atoms with Gasteiger partial charge in [0, 0.05) is 0 Å². The Morgan fingerprint density at radius 3 is 2.79 bits per heavy atom. The van der Waals surface area contributed by atoms with Crippen molar-refractivity contribution >= 4 is 5.91 Å². The summed E-state index contributed by atoms with van der Waals surface area (Å²) in [6.07, 6.45) is -1.07. The van der Waals surface area contributed by atoms with Gasteiger partial charge in [-0.15, -0.1) is 0 Å². The lowest BCUT2D eigenvalue weighted by Crippen LogP contribution is -2.51. The van der Waals surface area contributed by atoms with Gasteiger partial charge in [0.1, 0.15) is 12.2 Å². The van der Waals surface area contributed by atoms with Crippen LogP contribution in [-0.2, 0) is 9.53 Å². The van der Waals surface area contributed by atoms with E-state index in [9.17, 15) is 9.90 Å². The molecule has 4 heteroatoms. The van der Waals surface area contributed by atoms with Crippen LogP contribution in [0.25, 0.3) is 0 Å². The summed E-state index contributed by atoms with van der Waals surface area (Å²) in [7, 11) is 0. The Labute approximate surface area is 114 Å². The molecule has 1 aliphatic rings. The summed E-state index contributed by atoms with van der Waals surface area (Å²) >= 11 is 0. The largest absolute Gasteiger partial charge is 0.384 e. The monoisotopic (exact) mass is 263 g/mol. The average Bonchev–Trinajstić information content (AvgIpc) is 2.39. The highest BCUT2D eigenvalue weighted by Gasteiger charge is 2.32. The topological polar surface area (TPSA) is 49.8 Å². The summed E-state index contributed by atoms with van der Waals surface area (Å²) in [6, 6.07) is 8.04. The van der Waals surface area contributed by atoms with Crippen LogP contribution in [0.5, 0.6) is 0 Å². The molecule has 3 unspecified atom stereocenters. The summed E-state index contributed by atoms with van der Waals surface area (Å²) in [6.45, 7) is 6.48. The smallest absolute Gasteiger partial charge is 0.251 e. The molecule has 3 atom stereocenters. The van der Waals surface area contributed by atoms with Crippen molar-refractivity contribution in [3.8, 4) is 0 Å². The molecule has 0 aliphatic carbocycles. The van der Waals surface area contributed by atoms with Gasteiger partial charge < -0.3 is 14.7 Å². The first-order chi connectivity index (χ1) is 9.00. The SMILES string of the molecule is Cc1ccccc1C1CN(C(=O)C(C)O)C(C)CO1. The van der Waals surface area contributed by atoms with Gasteiger partial charge in [-0.3, -0.25) is 4.79 Å². The van der Waals surface area contributed by atoms with Gasteiger partial charge in [-0.1, -0.05) is 24.3 Å². The standard InChI is InChI=1S/C15H21NO3/c1-10-6-4-5-7-13(10)14-8-16(11(2)9-19-14)15(18)12(3)17/h4-7,11-12,14,17H,8-9H2,1-3H3. The molecule has 1 aromatic rings. The number of aryl methyl sites for hydroxylation is 1. The van der Waals surface area contributed by atoms with E-state index in [1.165, 1.54) is 6.92 Å². The van der Waals surface area contributed by atoms with Crippen molar-refractivity contribution in [1.82, 2.24) is 4.90 Å². The summed E-state index contributed by atoms with van der Waals surface area (Å²) in [5, 5.41) is 9.47. The molecule has 0 saturated carbocycles. The van der Waals surface area contributed by atoms with Gasteiger partial charge in [0.2, 0.25) is 0 Å². The lowest BCUT2D eigenvalue weighted by atomic mass is 10.0. The van der Waals surface area contributed by atoms with E-state index in [1.807, 2.05) is 38.1 Å². The van der Waals surface area contributed by atoms with Crippen molar-refractivity contribution < 1.29 is 14.6 Å². The third-order valence-corrected chi connectivity index (χ3v) is 3.61. The van der Waals surface area contributed by atoms with Crippen molar-refractivity contribution in [2.45, 2.75) is 39.0 Å². The van der Waals surface area contributed by atoms with E-state index in [1.54, 1.807) is 4.90 Å². The predicted molar refractivity (Wildman–Crippen MR) is 72.7 cm³/mol. The van der Waals surface area contributed by atoms with Gasteiger partial charge in [0.25, 0.3) is 5.91 Å². The van der Waals surface area contributed by atoms with Crippen molar-refractivity contribution in [1.29, 1.82) is 0 Å². The number of carbonyl (C=O) groups is 1. The fourth-order valence-electron chi connectivity index (χ4n) is 2.44. The summed E-state index contributed by atoms with van der Waals surface area (Å²) in [5.74, 6) is -0.227. The number of aliphatic hydroxyl groups is 1. The first-order valence-electron chi connectivity index (χ1n) is 6.66. The Morgan fingerprint density at radius 1 is 1.47 bits per heavy atom. The number of ether oxygens (including phenoxy) is 1. The van der Waals surface area contributed by atoms with Crippen LogP contribution in [-0.4, -0.2) is 41.2 Å². The van der Waals surface area contributed by atoms with Gasteiger partial charge in [-0.25, -0.2) is 0 Å². The Kier molecular flexibility index (Phi) is 4.22. The number of amides is 1. The van der Waals surface area contributed by atoms with Crippen LogP contribution >= 0.6 is 0 Å². The molecule has 1 aromatic carbocycles. The lowest BCUT2D eigenvalue weighted by molar-refractivity contribution is -0.152. The van der Waals surface area contributed by atoms with Crippen LogP contribution in [0.3, 0.4) is 0 Å².